The van der Waals surface area contributed by atoms with Crippen LogP contribution in [0, 0.1) is 0 Å². The minimum Gasteiger partial charge on any atom is -0.319 e. The van der Waals surface area contributed by atoms with Crippen LogP contribution in [0.2, 0.25) is 0 Å². The maximum absolute atomic E-state index is 3.46. The molecule has 0 fully saturated rings. The average molecular weight is 206 g/mol. The zero-order valence-electron chi connectivity index (χ0n) is 10.0. The topological polar surface area (TPSA) is 24.1 Å². The monoisotopic (exact) mass is 206 g/mol. The maximum Gasteiger partial charge on any atom is 0.0210 e. The van der Waals surface area contributed by atoms with Crippen LogP contribution in [0.4, 0.5) is 0 Å². The summed E-state index contributed by atoms with van der Waals surface area (Å²) in [6.45, 7) is 6.36. The van der Waals surface area contributed by atoms with Crippen molar-refractivity contribution in [3.05, 3.63) is 35.4 Å². The van der Waals surface area contributed by atoms with E-state index >= 15 is 0 Å². The Morgan fingerprint density at radius 1 is 1.13 bits per heavy atom. The molecule has 0 bridgehead atoms. The molecule has 1 aromatic rings. The van der Waals surface area contributed by atoms with Crippen LogP contribution in [-0.2, 0) is 13.0 Å². The Morgan fingerprint density at radius 2 is 1.80 bits per heavy atom. The minimum atomic E-state index is 0.544. The summed E-state index contributed by atoms with van der Waals surface area (Å²) < 4.78 is 0. The second kappa shape index (κ2) is 6.59. The first-order chi connectivity index (χ1) is 7.24. The van der Waals surface area contributed by atoms with Crippen LogP contribution in [0.25, 0.3) is 0 Å². The average Bonchev–Trinajstić information content (AvgIpc) is 2.24. The zero-order valence-corrected chi connectivity index (χ0v) is 10.0. The van der Waals surface area contributed by atoms with Crippen LogP contribution in [0.1, 0.15) is 25.0 Å². The van der Waals surface area contributed by atoms with Gasteiger partial charge in [0.15, 0.2) is 0 Å². The molecule has 0 aliphatic carbocycles. The normalized spacial score (nSPS) is 10.9. The van der Waals surface area contributed by atoms with E-state index in [9.17, 15) is 0 Å². The van der Waals surface area contributed by atoms with Gasteiger partial charge in [-0.05, 0) is 31.1 Å². The van der Waals surface area contributed by atoms with Crippen LogP contribution in [-0.4, -0.2) is 19.6 Å². The molecule has 0 saturated carbocycles. The summed E-state index contributed by atoms with van der Waals surface area (Å²) in [6, 6.07) is 9.20. The Balaban J connectivity index is 2.59. The Morgan fingerprint density at radius 3 is 2.40 bits per heavy atom. The first kappa shape index (κ1) is 12.2. The van der Waals surface area contributed by atoms with E-state index in [2.05, 4.69) is 48.7 Å². The highest BCUT2D eigenvalue weighted by Crippen LogP contribution is 2.09. The molecule has 0 unspecified atom stereocenters. The van der Waals surface area contributed by atoms with Gasteiger partial charge in [-0.1, -0.05) is 38.1 Å². The van der Waals surface area contributed by atoms with Crippen LogP contribution < -0.4 is 10.6 Å². The molecular weight excluding hydrogens is 184 g/mol. The molecule has 1 rings (SSSR count). The number of rotatable bonds is 6. The van der Waals surface area contributed by atoms with Gasteiger partial charge < -0.3 is 10.6 Å². The summed E-state index contributed by atoms with van der Waals surface area (Å²) in [5.74, 6) is 0. The third-order valence-corrected chi connectivity index (χ3v) is 2.46. The largest absolute Gasteiger partial charge is 0.319 e. The fourth-order valence-electron chi connectivity index (χ4n) is 1.55. The molecule has 0 saturated heterocycles. The van der Waals surface area contributed by atoms with Crippen molar-refractivity contribution >= 4 is 0 Å². The molecule has 0 atom stereocenters. The first-order valence-corrected chi connectivity index (χ1v) is 5.68. The maximum atomic E-state index is 3.46. The highest BCUT2D eigenvalue weighted by molar-refractivity contribution is 5.27. The molecule has 1 aromatic carbocycles. The number of likely N-dealkylation sites (N-methyl/N-ethyl adjacent to an activating group) is 1. The standard InChI is InChI=1S/C13H22N2/c1-11(2)15-10-13-7-5-4-6-12(13)8-9-14-3/h4-7,11,14-15H,8-10H2,1-3H3. The SMILES string of the molecule is CNCCc1ccccc1CNC(C)C. The highest BCUT2D eigenvalue weighted by atomic mass is 14.9. The van der Waals surface area contributed by atoms with Gasteiger partial charge in [-0.15, -0.1) is 0 Å². The fourth-order valence-corrected chi connectivity index (χ4v) is 1.55. The second-order valence-corrected chi connectivity index (χ2v) is 4.16. The van der Waals surface area contributed by atoms with E-state index in [1.165, 1.54) is 11.1 Å². The Labute approximate surface area is 93.1 Å². The molecule has 0 radical (unpaired) electrons. The second-order valence-electron chi connectivity index (χ2n) is 4.16. The summed E-state index contributed by atoms with van der Waals surface area (Å²) in [4.78, 5) is 0. The van der Waals surface area contributed by atoms with Crippen molar-refractivity contribution in [2.45, 2.75) is 32.9 Å². The van der Waals surface area contributed by atoms with Gasteiger partial charge in [0.25, 0.3) is 0 Å². The lowest BCUT2D eigenvalue weighted by molar-refractivity contribution is 0.585. The van der Waals surface area contributed by atoms with E-state index in [0.717, 1.165) is 19.5 Å². The smallest absolute Gasteiger partial charge is 0.0210 e. The third-order valence-electron chi connectivity index (χ3n) is 2.46. The third kappa shape index (κ3) is 4.45. The molecule has 2 heteroatoms. The quantitative estimate of drug-likeness (QED) is 0.743. The van der Waals surface area contributed by atoms with Gasteiger partial charge in [-0.2, -0.15) is 0 Å². The number of hydrogen-bond donors (Lipinski definition) is 2. The van der Waals surface area contributed by atoms with Gasteiger partial charge in [0.2, 0.25) is 0 Å². The molecule has 84 valence electrons. The van der Waals surface area contributed by atoms with Gasteiger partial charge in [-0.25, -0.2) is 0 Å². The van der Waals surface area contributed by atoms with Crippen molar-refractivity contribution in [2.75, 3.05) is 13.6 Å². The van der Waals surface area contributed by atoms with Gasteiger partial charge in [0.1, 0.15) is 0 Å². The molecule has 0 spiro atoms. The van der Waals surface area contributed by atoms with Crippen LogP contribution in [0.3, 0.4) is 0 Å². The van der Waals surface area contributed by atoms with Crippen molar-refractivity contribution in [3.8, 4) is 0 Å². The van der Waals surface area contributed by atoms with Gasteiger partial charge in [0, 0.05) is 12.6 Å². The van der Waals surface area contributed by atoms with Crippen molar-refractivity contribution in [1.82, 2.24) is 10.6 Å². The molecule has 2 N–H and O–H groups in total. The summed E-state index contributed by atoms with van der Waals surface area (Å²) in [5.41, 5.74) is 2.86. The lowest BCUT2D eigenvalue weighted by Crippen LogP contribution is -2.23. The zero-order chi connectivity index (χ0) is 11.1. The number of nitrogens with one attached hydrogen (secondary N) is 2. The van der Waals surface area contributed by atoms with Gasteiger partial charge in [-0.3, -0.25) is 0 Å². The molecule has 0 amide bonds. The van der Waals surface area contributed by atoms with Crippen LogP contribution in [0.5, 0.6) is 0 Å². The van der Waals surface area contributed by atoms with Crippen molar-refractivity contribution in [3.63, 3.8) is 0 Å². The van der Waals surface area contributed by atoms with E-state index in [0.29, 0.717) is 6.04 Å². The van der Waals surface area contributed by atoms with Crippen LogP contribution >= 0.6 is 0 Å². The molecule has 0 heterocycles. The van der Waals surface area contributed by atoms with Crippen molar-refractivity contribution in [1.29, 1.82) is 0 Å². The molecular formula is C13H22N2. The Kier molecular flexibility index (Phi) is 5.37. The minimum absolute atomic E-state index is 0.544. The summed E-state index contributed by atoms with van der Waals surface area (Å²) in [5, 5.41) is 6.65. The van der Waals surface area contributed by atoms with E-state index in [4.69, 9.17) is 0 Å². The lowest BCUT2D eigenvalue weighted by atomic mass is 10.0. The molecule has 2 nitrogen and oxygen atoms in total. The fraction of sp³-hybridized carbons (Fsp3) is 0.538. The number of benzene rings is 1. The van der Waals surface area contributed by atoms with Crippen molar-refractivity contribution < 1.29 is 0 Å². The number of hydrogen-bond acceptors (Lipinski definition) is 2. The van der Waals surface area contributed by atoms with Gasteiger partial charge >= 0.3 is 0 Å². The van der Waals surface area contributed by atoms with Gasteiger partial charge in [0.05, 0.1) is 0 Å². The van der Waals surface area contributed by atoms with E-state index in [-0.39, 0.29) is 0 Å². The van der Waals surface area contributed by atoms with E-state index in [1.807, 2.05) is 7.05 Å². The Bertz CT molecular complexity index is 282. The molecule has 0 aliphatic rings. The lowest BCUT2D eigenvalue weighted by Gasteiger charge is -2.12. The molecule has 0 aromatic heterocycles. The van der Waals surface area contributed by atoms with Crippen LogP contribution in [0.15, 0.2) is 24.3 Å². The van der Waals surface area contributed by atoms with Crippen molar-refractivity contribution in [2.24, 2.45) is 0 Å². The van der Waals surface area contributed by atoms with E-state index in [1.54, 1.807) is 0 Å². The summed E-state index contributed by atoms with van der Waals surface area (Å²) in [7, 11) is 2.00. The molecule has 15 heavy (non-hydrogen) atoms. The Hall–Kier alpha value is -0.860. The summed E-state index contributed by atoms with van der Waals surface area (Å²) >= 11 is 0. The predicted molar refractivity (Wildman–Crippen MR) is 66.0 cm³/mol. The molecule has 0 aliphatic heterocycles. The first-order valence-electron chi connectivity index (χ1n) is 5.68. The predicted octanol–water partition coefficient (Wildman–Crippen LogP) is 1.95. The highest BCUT2D eigenvalue weighted by Gasteiger charge is 2.01. The summed E-state index contributed by atoms with van der Waals surface area (Å²) in [6.07, 6.45) is 1.10. The van der Waals surface area contributed by atoms with E-state index < -0.39 is 0 Å².